The lowest BCUT2D eigenvalue weighted by atomic mass is 10.2. The predicted molar refractivity (Wildman–Crippen MR) is 99.9 cm³/mol. The van der Waals surface area contributed by atoms with Crippen molar-refractivity contribution < 1.29 is 9.59 Å². The highest BCUT2D eigenvalue weighted by Crippen LogP contribution is 2.16. The summed E-state index contributed by atoms with van der Waals surface area (Å²) >= 11 is 0. The summed E-state index contributed by atoms with van der Waals surface area (Å²) in [6.45, 7) is 5.20. The highest BCUT2D eigenvalue weighted by Gasteiger charge is 2.20. The molecule has 0 radical (unpaired) electrons. The summed E-state index contributed by atoms with van der Waals surface area (Å²) in [4.78, 5) is 32.9. The van der Waals surface area contributed by atoms with Crippen molar-refractivity contribution in [3.63, 3.8) is 0 Å². The molecule has 2 amide bonds. The van der Waals surface area contributed by atoms with E-state index in [-0.39, 0.29) is 17.5 Å². The van der Waals surface area contributed by atoms with E-state index < -0.39 is 0 Å². The van der Waals surface area contributed by atoms with Gasteiger partial charge in [-0.1, -0.05) is 37.6 Å². The number of hydrogen-bond acceptors (Lipinski definition) is 3. The number of unbranched alkanes of at least 4 members (excludes halogenated alkanes) is 1. The fraction of sp³-hybridized carbons (Fsp3) is 0.350. The number of rotatable bonds is 7. The lowest BCUT2D eigenvalue weighted by Gasteiger charge is -2.21. The number of amides is 2. The van der Waals surface area contributed by atoms with Gasteiger partial charge in [-0.15, -0.1) is 0 Å². The minimum atomic E-state index is -0.209. The van der Waals surface area contributed by atoms with Gasteiger partial charge in [-0.3, -0.25) is 9.59 Å². The molecule has 1 heterocycles. The van der Waals surface area contributed by atoms with Gasteiger partial charge in [0.1, 0.15) is 11.4 Å². The molecule has 2 aromatic rings. The van der Waals surface area contributed by atoms with Crippen molar-refractivity contribution in [2.75, 3.05) is 25.0 Å². The highest BCUT2D eigenvalue weighted by atomic mass is 16.2. The first-order chi connectivity index (χ1) is 12.1. The largest absolute Gasteiger partial charge is 0.340 e. The molecule has 0 bridgehead atoms. The molecule has 0 aliphatic heterocycles. The smallest absolute Gasteiger partial charge is 0.276 e. The molecular formula is C20H25N3O2. The number of pyridine rings is 1. The lowest BCUT2D eigenvalue weighted by molar-refractivity contribution is 0.0787. The van der Waals surface area contributed by atoms with Crippen LogP contribution in [0.5, 0.6) is 0 Å². The second-order valence-corrected chi connectivity index (χ2v) is 5.87. The van der Waals surface area contributed by atoms with Gasteiger partial charge in [0.2, 0.25) is 0 Å². The fourth-order valence-corrected chi connectivity index (χ4v) is 2.55. The van der Waals surface area contributed by atoms with E-state index in [1.54, 1.807) is 35.0 Å². The van der Waals surface area contributed by atoms with Crippen LogP contribution >= 0.6 is 0 Å². The quantitative estimate of drug-likeness (QED) is 0.774. The zero-order valence-corrected chi connectivity index (χ0v) is 15.1. The Kier molecular flexibility index (Phi) is 6.69. The van der Waals surface area contributed by atoms with Crippen LogP contribution in [0.1, 0.15) is 47.7 Å². The fourth-order valence-electron chi connectivity index (χ4n) is 2.55. The standard InChI is InChI=1S/C20H25N3O2/c1-4-6-15-22(3)19(24)17-13-10-14-18(21-17)20(25)23(5-2)16-11-8-7-9-12-16/h7-14H,4-6,15H2,1-3H3. The van der Waals surface area contributed by atoms with E-state index in [9.17, 15) is 9.59 Å². The third-order valence-electron chi connectivity index (χ3n) is 4.01. The summed E-state index contributed by atoms with van der Waals surface area (Å²) in [6.07, 6.45) is 1.96. The topological polar surface area (TPSA) is 53.5 Å². The van der Waals surface area contributed by atoms with Crippen molar-refractivity contribution in [3.8, 4) is 0 Å². The van der Waals surface area contributed by atoms with Gasteiger partial charge in [-0.25, -0.2) is 4.98 Å². The van der Waals surface area contributed by atoms with E-state index >= 15 is 0 Å². The number of carbonyl (C=O) groups excluding carboxylic acids is 2. The first-order valence-electron chi connectivity index (χ1n) is 8.67. The van der Waals surface area contributed by atoms with Crippen molar-refractivity contribution in [3.05, 3.63) is 59.9 Å². The Labute approximate surface area is 149 Å². The number of aromatic nitrogens is 1. The van der Waals surface area contributed by atoms with Crippen LogP contribution in [0.2, 0.25) is 0 Å². The zero-order valence-electron chi connectivity index (χ0n) is 15.1. The van der Waals surface area contributed by atoms with E-state index in [0.717, 1.165) is 18.5 Å². The molecule has 0 atom stereocenters. The third-order valence-corrected chi connectivity index (χ3v) is 4.01. The minimum absolute atomic E-state index is 0.161. The van der Waals surface area contributed by atoms with Crippen LogP contribution in [0.3, 0.4) is 0 Å². The highest BCUT2D eigenvalue weighted by molar-refractivity contribution is 6.05. The number of benzene rings is 1. The van der Waals surface area contributed by atoms with Crippen molar-refractivity contribution in [1.29, 1.82) is 0 Å². The molecule has 1 aromatic heterocycles. The van der Waals surface area contributed by atoms with Gasteiger partial charge in [0.15, 0.2) is 0 Å². The summed E-state index contributed by atoms with van der Waals surface area (Å²) in [5, 5.41) is 0. The Morgan fingerprint density at radius 2 is 1.56 bits per heavy atom. The van der Waals surface area contributed by atoms with Gasteiger partial charge in [-0.05, 0) is 37.6 Å². The van der Waals surface area contributed by atoms with Crippen molar-refractivity contribution in [1.82, 2.24) is 9.88 Å². The van der Waals surface area contributed by atoms with Crippen LogP contribution in [-0.4, -0.2) is 41.8 Å². The van der Waals surface area contributed by atoms with Crippen LogP contribution in [0.25, 0.3) is 0 Å². The predicted octanol–water partition coefficient (Wildman–Crippen LogP) is 3.62. The van der Waals surface area contributed by atoms with Gasteiger partial charge in [0.25, 0.3) is 11.8 Å². The zero-order chi connectivity index (χ0) is 18.2. The molecule has 5 nitrogen and oxygen atoms in total. The lowest BCUT2D eigenvalue weighted by Crippen LogP contribution is -2.32. The Morgan fingerprint density at radius 3 is 2.16 bits per heavy atom. The summed E-state index contributed by atoms with van der Waals surface area (Å²) in [7, 11) is 1.76. The number of para-hydroxylation sites is 1. The van der Waals surface area contributed by atoms with E-state index in [1.807, 2.05) is 37.3 Å². The van der Waals surface area contributed by atoms with Gasteiger partial charge in [-0.2, -0.15) is 0 Å². The molecule has 1 aromatic carbocycles. The summed E-state index contributed by atoms with van der Waals surface area (Å²) in [5.41, 5.74) is 1.39. The Bertz CT molecular complexity index is 716. The van der Waals surface area contributed by atoms with Gasteiger partial charge >= 0.3 is 0 Å². The second-order valence-electron chi connectivity index (χ2n) is 5.87. The van der Waals surface area contributed by atoms with Crippen LogP contribution in [0, 0.1) is 0 Å². The molecule has 0 saturated carbocycles. The Morgan fingerprint density at radius 1 is 0.920 bits per heavy atom. The number of hydrogen-bond donors (Lipinski definition) is 0. The first kappa shape index (κ1) is 18.6. The van der Waals surface area contributed by atoms with Crippen LogP contribution in [0.4, 0.5) is 5.69 Å². The Balaban J connectivity index is 2.22. The molecule has 132 valence electrons. The number of nitrogens with zero attached hydrogens (tertiary/aromatic N) is 3. The van der Waals surface area contributed by atoms with Crippen LogP contribution < -0.4 is 4.90 Å². The molecule has 5 heteroatoms. The molecule has 0 N–H and O–H groups in total. The number of anilines is 1. The number of carbonyl (C=O) groups is 2. The summed E-state index contributed by atoms with van der Waals surface area (Å²) < 4.78 is 0. The SMILES string of the molecule is CCCCN(C)C(=O)c1cccc(C(=O)N(CC)c2ccccc2)n1. The maximum atomic E-state index is 12.8. The normalized spacial score (nSPS) is 10.4. The monoisotopic (exact) mass is 339 g/mol. The van der Waals surface area contributed by atoms with Gasteiger partial charge in [0, 0.05) is 25.8 Å². The second kappa shape index (κ2) is 8.97. The Hall–Kier alpha value is -2.69. The van der Waals surface area contributed by atoms with Gasteiger partial charge < -0.3 is 9.80 Å². The molecule has 0 fully saturated rings. The van der Waals surface area contributed by atoms with E-state index in [2.05, 4.69) is 11.9 Å². The molecule has 0 aliphatic carbocycles. The van der Waals surface area contributed by atoms with E-state index in [0.29, 0.717) is 18.8 Å². The molecule has 2 rings (SSSR count). The molecule has 0 saturated heterocycles. The average Bonchev–Trinajstić information content (AvgIpc) is 2.67. The molecule has 0 spiro atoms. The third kappa shape index (κ3) is 4.66. The molecule has 0 aliphatic rings. The molecular weight excluding hydrogens is 314 g/mol. The van der Waals surface area contributed by atoms with Gasteiger partial charge in [0.05, 0.1) is 0 Å². The minimum Gasteiger partial charge on any atom is -0.340 e. The molecule has 0 unspecified atom stereocenters. The van der Waals surface area contributed by atoms with Crippen LogP contribution in [-0.2, 0) is 0 Å². The van der Waals surface area contributed by atoms with E-state index in [1.165, 1.54) is 0 Å². The summed E-state index contributed by atoms with van der Waals surface area (Å²) in [5.74, 6) is -0.370. The van der Waals surface area contributed by atoms with Crippen molar-refractivity contribution in [2.24, 2.45) is 0 Å². The van der Waals surface area contributed by atoms with Crippen molar-refractivity contribution in [2.45, 2.75) is 26.7 Å². The first-order valence-corrected chi connectivity index (χ1v) is 8.67. The van der Waals surface area contributed by atoms with E-state index in [4.69, 9.17) is 0 Å². The molecule has 25 heavy (non-hydrogen) atoms. The average molecular weight is 339 g/mol. The van der Waals surface area contributed by atoms with Crippen molar-refractivity contribution >= 4 is 17.5 Å². The summed E-state index contributed by atoms with van der Waals surface area (Å²) in [6, 6.07) is 14.5. The maximum Gasteiger partial charge on any atom is 0.276 e. The maximum absolute atomic E-state index is 12.8. The van der Waals surface area contributed by atoms with Crippen LogP contribution in [0.15, 0.2) is 48.5 Å².